The van der Waals surface area contributed by atoms with E-state index < -0.39 is 9.84 Å². The summed E-state index contributed by atoms with van der Waals surface area (Å²) in [4.78, 5) is 12.5. The molecule has 0 aliphatic rings. The third-order valence-corrected chi connectivity index (χ3v) is 7.19. The fourth-order valence-electron chi connectivity index (χ4n) is 2.75. The first-order chi connectivity index (χ1) is 13.5. The Morgan fingerprint density at radius 3 is 2.57 bits per heavy atom. The second-order valence-corrected chi connectivity index (χ2v) is 9.74. The van der Waals surface area contributed by atoms with Crippen molar-refractivity contribution in [1.82, 2.24) is 5.32 Å². The van der Waals surface area contributed by atoms with Crippen LogP contribution in [-0.4, -0.2) is 32.4 Å². The van der Waals surface area contributed by atoms with Gasteiger partial charge in [0.2, 0.25) is 0 Å². The first-order valence-corrected chi connectivity index (χ1v) is 12.5. The zero-order valence-corrected chi connectivity index (χ0v) is 18.2. The third kappa shape index (κ3) is 6.71. The molecule has 7 heteroatoms. The van der Waals surface area contributed by atoms with Gasteiger partial charge >= 0.3 is 0 Å². The summed E-state index contributed by atoms with van der Waals surface area (Å²) in [5.41, 5.74) is 0.781. The van der Waals surface area contributed by atoms with Crippen LogP contribution >= 0.6 is 11.8 Å². The third-order valence-electron chi connectivity index (χ3n) is 4.30. The minimum absolute atomic E-state index is 0.146. The first kappa shape index (κ1) is 22.6. The van der Waals surface area contributed by atoms with E-state index in [4.69, 9.17) is 4.42 Å². The number of amides is 1. The molecule has 1 amide bonds. The number of furan rings is 1. The van der Waals surface area contributed by atoms with Gasteiger partial charge < -0.3 is 9.73 Å². The fourth-order valence-corrected chi connectivity index (χ4v) is 5.38. The van der Waals surface area contributed by atoms with E-state index in [0.29, 0.717) is 17.9 Å². The summed E-state index contributed by atoms with van der Waals surface area (Å²) in [7, 11) is -3.53. The van der Waals surface area contributed by atoms with Crippen molar-refractivity contribution in [2.45, 2.75) is 50.2 Å². The molecule has 1 N–H and O–H groups in total. The van der Waals surface area contributed by atoms with Crippen LogP contribution in [-0.2, 0) is 22.0 Å². The van der Waals surface area contributed by atoms with Gasteiger partial charge in [-0.1, -0.05) is 38.5 Å². The number of carbonyl (C=O) groups is 1. The van der Waals surface area contributed by atoms with Crippen LogP contribution in [0.4, 0.5) is 0 Å². The van der Waals surface area contributed by atoms with Crippen molar-refractivity contribution in [2.75, 3.05) is 18.1 Å². The molecule has 0 saturated carbocycles. The molecule has 0 aliphatic carbocycles. The molecular formula is C21H29NO4S2. The second kappa shape index (κ2) is 11.3. The highest BCUT2D eigenvalue weighted by molar-refractivity contribution is 7.99. The maximum atomic E-state index is 12.7. The zero-order valence-electron chi connectivity index (χ0n) is 16.6. The van der Waals surface area contributed by atoms with Crippen LogP contribution in [0.25, 0.3) is 0 Å². The van der Waals surface area contributed by atoms with E-state index in [0.717, 1.165) is 23.5 Å². The Bertz CT molecular complexity index is 859. The van der Waals surface area contributed by atoms with E-state index in [2.05, 4.69) is 12.2 Å². The number of hydrogen-bond donors (Lipinski definition) is 1. The average molecular weight is 424 g/mol. The molecule has 1 aromatic carbocycles. The van der Waals surface area contributed by atoms with E-state index in [9.17, 15) is 13.2 Å². The molecule has 0 bridgehead atoms. The molecule has 0 atom stereocenters. The van der Waals surface area contributed by atoms with E-state index in [-0.39, 0.29) is 23.2 Å². The lowest BCUT2D eigenvalue weighted by Gasteiger charge is -2.08. The van der Waals surface area contributed by atoms with Crippen molar-refractivity contribution in [2.24, 2.45) is 0 Å². The molecule has 0 fully saturated rings. The average Bonchev–Trinajstić information content (AvgIpc) is 3.15. The summed E-state index contributed by atoms with van der Waals surface area (Å²) in [6, 6.07) is 10.1. The molecule has 1 heterocycles. The van der Waals surface area contributed by atoms with E-state index in [1.54, 1.807) is 18.2 Å². The van der Waals surface area contributed by atoms with Gasteiger partial charge in [0.25, 0.3) is 5.91 Å². The molecule has 154 valence electrons. The molecule has 5 nitrogen and oxygen atoms in total. The maximum absolute atomic E-state index is 12.7. The minimum atomic E-state index is -3.53. The molecule has 1 aromatic heterocycles. The quantitative estimate of drug-likeness (QED) is 0.510. The van der Waals surface area contributed by atoms with Crippen LogP contribution in [0.2, 0.25) is 0 Å². The van der Waals surface area contributed by atoms with Crippen LogP contribution < -0.4 is 5.32 Å². The summed E-state index contributed by atoms with van der Waals surface area (Å²) >= 11 is 1.90. The van der Waals surface area contributed by atoms with Gasteiger partial charge in [-0.15, -0.1) is 0 Å². The number of unbranched alkanes of at least 4 members (excludes halogenated alkanes) is 1. The van der Waals surface area contributed by atoms with Crippen LogP contribution in [0.15, 0.2) is 45.7 Å². The number of aryl methyl sites for hydroxylation is 1. The van der Waals surface area contributed by atoms with Crippen molar-refractivity contribution in [3.63, 3.8) is 0 Å². The molecule has 0 radical (unpaired) electrons. The Balaban J connectivity index is 1.88. The van der Waals surface area contributed by atoms with Gasteiger partial charge in [0.15, 0.2) is 15.6 Å². The van der Waals surface area contributed by atoms with Crippen molar-refractivity contribution in [3.05, 3.63) is 53.5 Å². The number of rotatable bonds is 12. The molecule has 28 heavy (non-hydrogen) atoms. The Morgan fingerprint density at radius 1 is 1.07 bits per heavy atom. The number of thioether (sulfide) groups is 1. The highest BCUT2D eigenvalue weighted by Crippen LogP contribution is 2.22. The highest BCUT2D eigenvalue weighted by atomic mass is 32.2. The standard InChI is InChI=1S/C21H29NO4S2/c1-3-5-14-27-15-8-13-22-21(23)19-12-11-18(26-19)16-28(24,25)20-10-7-6-9-17(20)4-2/h6-7,9-12H,3-5,8,13-16H2,1-2H3,(H,22,23). The van der Waals surface area contributed by atoms with Crippen LogP contribution in [0.1, 0.15) is 55.0 Å². The first-order valence-electron chi connectivity index (χ1n) is 9.73. The highest BCUT2D eigenvalue weighted by Gasteiger charge is 2.21. The smallest absolute Gasteiger partial charge is 0.286 e. The van der Waals surface area contributed by atoms with Crippen molar-refractivity contribution in [3.8, 4) is 0 Å². The van der Waals surface area contributed by atoms with E-state index in [1.807, 2.05) is 30.8 Å². The van der Waals surface area contributed by atoms with E-state index in [1.165, 1.54) is 18.9 Å². The summed E-state index contributed by atoms with van der Waals surface area (Å²) in [6.07, 6.45) is 3.95. The molecule has 0 aliphatic heterocycles. The molecule has 0 spiro atoms. The number of nitrogens with one attached hydrogen (secondary N) is 1. The minimum Gasteiger partial charge on any atom is -0.455 e. The second-order valence-electron chi connectivity index (χ2n) is 6.56. The monoisotopic (exact) mass is 423 g/mol. The van der Waals surface area contributed by atoms with Crippen LogP contribution in [0, 0.1) is 0 Å². The lowest BCUT2D eigenvalue weighted by atomic mass is 10.2. The lowest BCUT2D eigenvalue weighted by Crippen LogP contribution is -2.24. The maximum Gasteiger partial charge on any atom is 0.286 e. The number of carbonyl (C=O) groups excluding carboxylic acids is 1. The SMILES string of the molecule is CCCCSCCCNC(=O)c1ccc(CS(=O)(=O)c2ccccc2CC)o1. The number of sulfone groups is 1. The van der Waals surface area contributed by atoms with Gasteiger partial charge in [-0.05, 0) is 54.5 Å². The summed E-state index contributed by atoms with van der Waals surface area (Å²) < 4.78 is 30.9. The lowest BCUT2D eigenvalue weighted by molar-refractivity contribution is 0.0924. The van der Waals surface area contributed by atoms with Crippen molar-refractivity contribution >= 4 is 27.5 Å². The normalized spacial score (nSPS) is 11.5. The summed E-state index contributed by atoms with van der Waals surface area (Å²) in [5, 5.41) is 2.82. The van der Waals surface area contributed by atoms with Gasteiger partial charge in [-0.25, -0.2) is 8.42 Å². The predicted octanol–water partition coefficient (Wildman–Crippen LogP) is 4.47. The fraction of sp³-hybridized carbons (Fsp3) is 0.476. The molecular weight excluding hydrogens is 394 g/mol. The van der Waals surface area contributed by atoms with Crippen molar-refractivity contribution < 1.29 is 17.6 Å². The Morgan fingerprint density at radius 2 is 1.82 bits per heavy atom. The molecule has 0 saturated heterocycles. The van der Waals surface area contributed by atoms with Gasteiger partial charge in [0, 0.05) is 6.54 Å². The van der Waals surface area contributed by atoms with Crippen molar-refractivity contribution in [1.29, 1.82) is 0 Å². The molecule has 2 aromatic rings. The Labute approximate surface area is 172 Å². The molecule has 2 rings (SSSR count). The number of hydrogen-bond acceptors (Lipinski definition) is 5. The summed E-state index contributed by atoms with van der Waals surface area (Å²) in [6.45, 7) is 4.67. The largest absolute Gasteiger partial charge is 0.455 e. The predicted molar refractivity (Wildman–Crippen MR) is 115 cm³/mol. The number of benzene rings is 1. The van der Waals surface area contributed by atoms with Crippen LogP contribution in [0.3, 0.4) is 0 Å². The topological polar surface area (TPSA) is 76.4 Å². The van der Waals surface area contributed by atoms with Gasteiger partial charge in [-0.3, -0.25) is 4.79 Å². The van der Waals surface area contributed by atoms with E-state index >= 15 is 0 Å². The zero-order chi connectivity index (χ0) is 20.4. The Hall–Kier alpha value is -1.73. The molecule has 0 unspecified atom stereocenters. The van der Waals surface area contributed by atoms with Gasteiger partial charge in [-0.2, -0.15) is 11.8 Å². The van der Waals surface area contributed by atoms with Gasteiger partial charge in [0.1, 0.15) is 11.5 Å². The Kier molecular flexibility index (Phi) is 9.12. The summed E-state index contributed by atoms with van der Waals surface area (Å²) in [5.74, 6) is 2.01. The van der Waals surface area contributed by atoms with Gasteiger partial charge in [0.05, 0.1) is 4.90 Å². The van der Waals surface area contributed by atoms with Crippen LogP contribution in [0.5, 0.6) is 0 Å².